The minimum atomic E-state index is 0.0389. The number of para-hydroxylation sites is 1. The second-order valence-corrected chi connectivity index (χ2v) is 6.78. The molecule has 0 bridgehead atoms. The SMILES string of the molecule is CCn1nc(C)cc1C(=O)N1C[C@@H](C)Sc2ccccc21. The third-order valence-corrected chi connectivity index (χ3v) is 4.74. The van der Waals surface area contributed by atoms with E-state index in [9.17, 15) is 4.79 Å². The number of hydrogen-bond donors (Lipinski definition) is 0. The van der Waals surface area contributed by atoms with Gasteiger partial charge in [0.15, 0.2) is 0 Å². The Balaban J connectivity index is 2.02. The van der Waals surface area contributed by atoms with E-state index >= 15 is 0 Å². The molecule has 21 heavy (non-hydrogen) atoms. The van der Waals surface area contributed by atoms with Crippen molar-refractivity contribution in [2.45, 2.75) is 37.5 Å². The molecule has 2 heterocycles. The van der Waals surface area contributed by atoms with Crippen molar-refractivity contribution in [3.05, 3.63) is 41.7 Å². The number of carbonyl (C=O) groups is 1. The van der Waals surface area contributed by atoms with Crippen LogP contribution in [0.2, 0.25) is 0 Å². The van der Waals surface area contributed by atoms with Gasteiger partial charge in [0, 0.05) is 23.2 Å². The summed E-state index contributed by atoms with van der Waals surface area (Å²) in [5.74, 6) is 0.0389. The molecule has 3 rings (SSSR count). The molecule has 0 spiro atoms. The second-order valence-electron chi connectivity index (χ2n) is 5.30. The van der Waals surface area contributed by atoms with E-state index in [-0.39, 0.29) is 5.91 Å². The van der Waals surface area contributed by atoms with Crippen molar-refractivity contribution in [1.29, 1.82) is 0 Å². The Morgan fingerprint density at radius 2 is 2.19 bits per heavy atom. The lowest BCUT2D eigenvalue weighted by atomic mass is 10.2. The Labute approximate surface area is 129 Å². The van der Waals surface area contributed by atoms with E-state index in [1.165, 1.54) is 4.90 Å². The number of aromatic nitrogens is 2. The lowest BCUT2D eigenvalue weighted by Crippen LogP contribution is -2.39. The number of benzene rings is 1. The normalized spacial score (nSPS) is 17.7. The third kappa shape index (κ3) is 2.58. The Morgan fingerprint density at radius 1 is 1.43 bits per heavy atom. The molecule has 1 atom stereocenters. The van der Waals surface area contributed by atoms with Gasteiger partial charge < -0.3 is 4.90 Å². The number of rotatable bonds is 2. The molecule has 110 valence electrons. The fourth-order valence-corrected chi connectivity index (χ4v) is 3.79. The predicted molar refractivity (Wildman–Crippen MR) is 86.1 cm³/mol. The summed E-state index contributed by atoms with van der Waals surface area (Å²) in [6, 6.07) is 9.98. The van der Waals surface area contributed by atoms with Crippen molar-refractivity contribution in [2.75, 3.05) is 11.4 Å². The number of hydrogen-bond acceptors (Lipinski definition) is 3. The molecular formula is C16H19N3OS. The fraction of sp³-hybridized carbons (Fsp3) is 0.375. The van der Waals surface area contributed by atoms with E-state index in [0.29, 0.717) is 17.5 Å². The minimum absolute atomic E-state index is 0.0389. The summed E-state index contributed by atoms with van der Waals surface area (Å²) in [7, 11) is 0. The summed E-state index contributed by atoms with van der Waals surface area (Å²) in [6.07, 6.45) is 0. The quantitative estimate of drug-likeness (QED) is 0.853. The van der Waals surface area contributed by atoms with Crippen molar-refractivity contribution in [3.8, 4) is 0 Å². The summed E-state index contributed by atoms with van der Waals surface area (Å²) in [5, 5.41) is 4.78. The highest BCUT2D eigenvalue weighted by Gasteiger charge is 2.29. The number of carbonyl (C=O) groups excluding carboxylic acids is 1. The molecule has 0 unspecified atom stereocenters. The molecule has 0 radical (unpaired) electrons. The van der Waals surface area contributed by atoms with Gasteiger partial charge >= 0.3 is 0 Å². The van der Waals surface area contributed by atoms with Gasteiger partial charge in [0.1, 0.15) is 5.69 Å². The van der Waals surface area contributed by atoms with Crippen LogP contribution in [0.3, 0.4) is 0 Å². The van der Waals surface area contributed by atoms with Gasteiger partial charge in [-0.2, -0.15) is 5.10 Å². The molecule has 5 heteroatoms. The van der Waals surface area contributed by atoms with E-state index in [2.05, 4.69) is 18.1 Å². The number of thioether (sulfide) groups is 1. The average Bonchev–Trinajstić information content (AvgIpc) is 2.86. The molecule has 1 aliphatic rings. The van der Waals surface area contributed by atoms with Crippen molar-refractivity contribution in [1.82, 2.24) is 9.78 Å². The fourth-order valence-electron chi connectivity index (χ4n) is 2.68. The molecule has 1 aromatic carbocycles. The van der Waals surface area contributed by atoms with Gasteiger partial charge in [0.25, 0.3) is 5.91 Å². The summed E-state index contributed by atoms with van der Waals surface area (Å²) in [6.45, 7) is 7.52. The summed E-state index contributed by atoms with van der Waals surface area (Å²) in [4.78, 5) is 16.0. The predicted octanol–water partition coefficient (Wildman–Crippen LogP) is 3.35. The Morgan fingerprint density at radius 3 is 2.95 bits per heavy atom. The van der Waals surface area contributed by atoms with Crippen LogP contribution in [-0.4, -0.2) is 27.5 Å². The minimum Gasteiger partial charge on any atom is -0.305 e. The molecular weight excluding hydrogens is 282 g/mol. The van der Waals surface area contributed by atoms with Gasteiger partial charge in [0.2, 0.25) is 0 Å². The smallest absolute Gasteiger partial charge is 0.276 e. The Kier molecular flexibility index (Phi) is 3.76. The van der Waals surface area contributed by atoms with Crippen molar-refractivity contribution < 1.29 is 4.79 Å². The van der Waals surface area contributed by atoms with Gasteiger partial charge in [-0.05, 0) is 32.0 Å². The molecule has 2 aromatic rings. The third-order valence-electron chi connectivity index (χ3n) is 3.59. The number of fused-ring (bicyclic) bond motifs is 1. The molecule has 1 aliphatic heterocycles. The van der Waals surface area contributed by atoms with Gasteiger partial charge in [-0.25, -0.2) is 0 Å². The molecule has 1 amide bonds. The monoisotopic (exact) mass is 301 g/mol. The molecule has 0 aliphatic carbocycles. The van der Waals surface area contributed by atoms with Crippen LogP contribution in [0.1, 0.15) is 30.0 Å². The van der Waals surface area contributed by atoms with Crippen LogP contribution in [0.15, 0.2) is 35.2 Å². The Hall–Kier alpha value is -1.75. The van der Waals surface area contributed by atoms with E-state index in [1.807, 2.05) is 54.8 Å². The van der Waals surface area contributed by atoms with Crippen molar-refractivity contribution in [3.63, 3.8) is 0 Å². The van der Waals surface area contributed by atoms with Crippen molar-refractivity contribution in [2.24, 2.45) is 0 Å². The van der Waals surface area contributed by atoms with Crippen LogP contribution < -0.4 is 4.90 Å². The lowest BCUT2D eigenvalue weighted by molar-refractivity contribution is 0.0976. The maximum absolute atomic E-state index is 13.0. The maximum atomic E-state index is 13.0. The summed E-state index contributed by atoms with van der Waals surface area (Å²) >= 11 is 1.83. The van der Waals surface area contributed by atoms with Crippen LogP contribution in [0, 0.1) is 6.92 Å². The molecule has 0 N–H and O–H groups in total. The van der Waals surface area contributed by atoms with Crippen LogP contribution >= 0.6 is 11.8 Å². The van der Waals surface area contributed by atoms with Gasteiger partial charge in [0.05, 0.1) is 11.4 Å². The first-order valence-electron chi connectivity index (χ1n) is 7.22. The number of anilines is 1. The first-order chi connectivity index (χ1) is 10.1. The molecule has 4 nitrogen and oxygen atoms in total. The zero-order valence-electron chi connectivity index (χ0n) is 12.5. The first-order valence-corrected chi connectivity index (χ1v) is 8.10. The highest BCUT2D eigenvalue weighted by molar-refractivity contribution is 8.00. The van der Waals surface area contributed by atoms with Crippen LogP contribution in [-0.2, 0) is 6.54 Å². The highest BCUT2D eigenvalue weighted by atomic mass is 32.2. The van der Waals surface area contributed by atoms with Gasteiger partial charge in [-0.1, -0.05) is 19.1 Å². The van der Waals surface area contributed by atoms with Crippen molar-refractivity contribution >= 4 is 23.4 Å². The molecule has 0 fully saturated rings. The van der Waals surface area contributed by atoms with Gasteiger partial charge in [-0.3, -0.25) is 9.48 Å². The number of aryl methyl sites for hydroxylation is 2. The maximum Gasteiger partial charge on any atom is 0.276 e. The number of nitrogens with zero attached hydrogens (tertiary/aromatic N) is 3. The van der Waals surface area contributed by atoms with E-state index < -0.39 is 0 Å². The zero-order chi connectivity index (χ0) is 15.0. The number of amides is 1. The molecule has 0 saturated carbocycles. The van der Waals surface area contributed by atoms with Crippen LogP contribution in [0.4, 0.5) is 5.69 Å². The van der Waals surface area contributed by atoms with E-state index in [4.69, 9.17) is 0 Å². The van der Waals surface area contributed by atoms with Crippen LogP contribution in [0.5, 0.6) is 0 Å². The zero-order valence-corrected chi connectivity index (χ0v) is 13.4. The standard InChI is InChI=1S/C16H19N3OS/c1-4-19-14(9-11(2)17-19)16(20)18-10-12(3)21-15-8-6-5-7-13(15)18/h5-9,12H,4,10H2,1-3H3/t12-/m1/s1. The summed E-state index contributed by atoms with van der Waals surface area (Å²) < 4.78 is 1.78. The largest absolute Gasteiger partial charge is 0.305 e. The van der Waals surface area contributed by atoms with Gasteiger partial charge in [-0.15, -0.1) is 11.8 Å². The average molecular weight is 301 g/mol. The Bertz CT molecular complexity index is 680. The van der Waals surface area contributed by atoms with E-state index in [1.54, 1.807) is 4.68 Å². The first kappa shape index (κ1) is 14.2. The molecule has 0 saturated heterocycles. The van der Waals surface area contributed by atoms with Crippen LogP contribution in [0.25, 0.3) is 0 Å². The highest BCUT2D eigenvalue weighted by Crippen LogP contribution is 2.38. The molecule has 1 aromatic heterocycles. The topological polar surface area (TPSA) is 38.1 Å². The second kappa shape index (κ2) is 5.56. The lowest BCUT2D eigenvalue weighted by Gasteiger charge is -2.32. The van der Waals surface area contributed by atoms with E-state index in [0.717, 1.165) is 17.9 Å². The summed E-state index contributed by atoms with van der Waals surface area (Å²) in [5.41, 5.74) is 2.56.